The summed E-state index contributed by atoms with van der Waals surface area (Å²) in [5.74, 6) is -1.03. The summed E-state index contributed by atoms with van der Waals surface area (Å²) >= 11 is 0. The van der Waals surface area contributed by atoms with Crippen molar-refractivity contribution in [2.45, 2.75) is 0 Å². The quantitative estimate of drug-likeness (QED) is 0.530. The first-order chi connectivity index (χ1) is 13.0. The molecular formula is C22H13FN2O2. The summed E-state index contributed by atoms with van der Waals surface area (Å²) in [5, 5.41) is 29.1. The van der Waals surface area contributed by atoms with Gasteiger partial charge in [-0.2, -0.15) is 5.26 Å². The number of aromatic nitrogens is 1. The third-order valence-corrected chi connectivity index (χ3v) is 4.36. The highest BCUT2D eigenvalue weighted by molar-refractivity contribution is 5.97. The minimum atomic E-state index is -0.722. The van der Waals surface area contributed by atoms with Gasteiger partial charge in [-0.1, -0.05) is 12.1 Å². The molecule has 130 valence electrons. The maximum absolute atomic E-state index is 13.8. The zero-order chi connectivity index (χ0) is 19.0. The van der Waals surface area contributed by atoms with Crippen LogP contribution in [0.2, 0.25) is 0 Å². The molecule has 1 aromatic heterocycles. The number of phenolic OH excluding ortho intramolecular Hbond substituents is 2. The molecule has 0 radical (unpaired) electrons. The Morgan fingerprint density at radius 2 is 1.59 bits per heavy atom. The molecule has 0 aliphatic carbocycles. The van der Waals surface area contributed by atoms with Gasteiger partial charge in [-0.3, -0.25) is 0 Å². The van der Waals surface area contributed by atoms with E-state index in [0.717, 1.165) is 16.5 Å². The van der Waals surface area contributed by atoms with Gasteiger partial charge in [-0.15, -0.1) is 0 Å². The third-order valence-electron chi connectivity index (χ3n) is 4.36. The summed E-state index contributed by atoms with van der Waals surface area (Å²) in [6.07, 6.45) is 0. The van der Waals surface area contributed by atoms with Crippen molar-refractivity contribution >= 4 is 10.9 Å². The fourth-order valence-electron chi connectivity index (χ4n) is 2.99. The van der Waals surface area contributed by atoms with Crippen LogP contribution in [0.3, 0.4) is 0 Å². The number of phenols is 2. The molecule has 2 N–H and O–H groups in total. The van der Waals surface area contributed by atoms with Crippen molar-refractivity contribution in [3.8, 4) is 40.0 Å². The number of aromatic hydroxyl groups is 2. The Kier molecular flexibility index (Phi) is 3.94. The van der Waals surface area contributed by atoms with Crippen LogP contribution in [-0.2, 0) is 0 Å². The van der Waals surface area contributed by atoms with Crippen molar-refractivity contribution in [3.05, 3.63) is 78.1 Å². The summed E-state index contributed by atoms with van der Waals surface area (Å²) < 4.78 is 13.8. The molecule has 0 unspecified atom stereocenters. The molecule has 0 saturated carbocycles. The van der Waals surface area contributed by atoms with E-state index in [1.165, 1.54) is 12.1 Å². The van der Waals surface area contributed by atoms with Crippen LogP contribution >= 0.6 is 0 Å². The predicted molar refractivity (Wildman–Crippen MR) is 101 cm³/mol. The molecule has 5 heteroatoms. The van der Waals surface area contributed by atoms with Crippen molar-refractivity contribution in [3.63, 3.8) is 0 Å². The van der Waals surface area contributed by atoms with Gasteiger partial charge in [-0.25, -0.2) is 9.37 Å². The van der Waals surface area contributed by atoms with E-state index in [1.807, 2.05) is 12.1 Å². The lowest BCUT2D eigenvalue weighted by molar-refractivity contribution is 0.432. The lowest BCUT2D eigenvalue weighted by Gasteiger charge is -2.11. The predicted octanol–water partition coefficient (Wildman–Crippen LogP) is 4.99. The van der Waals surface area contributed by atoms with E-state index >= 15 is 0 Å². The van der Waals surface area contributed by atoms with E-state index in [9.17, 15) is 14.6 Å². The van der Waals surface area contributed by atoms with E-state index in [4.69, 9.17) is 5.26 Å². The molecule has 0 atom stereocenters. The van der Waals surface area contributed by atoms with Crippen molar-refractivity contribution < 1.29 is 14.6 Å². The number of hydrogen-bond donors (Lipinski definition) is 2. The van der Waals surface area contributed by atoms with Crippen LogP contribution in [-0.4, -0.2) is 15.2 Å². The number of fused-ring (bicyclic) bond motifs is 1. The minimum Gasteiger partial charge on any atom is -0.508 e. The second-order valence-electron chi connectivity index (χ2n) is 6.11. The number of halogens is 1. The molecule has 4 rings (SSSR count). The first kappa shape index (κ1) is 16.6. The van der Waals surface area contributed by atoms with Crippen LogP contribution in [0.4, 0.5) is 4.39 Å². The number of hydrogen-bond acceptors (Lipinski definition) is 4. The summed E-state index contributed by atoms with van der Waals surface area (Å²) in [6.45, 7) is 0. The molecule has 4 aromatic rings. The maximum atomic E-state index is 13.8. The van der Waals surface area contributed by atoms with Gasteiger partial charge in [0, 0.05) is 10.9 Å². The third kappa shape index (κ3) is 3.05. The highest BCUT2D eigenvalue weighted by Gasteiger charge is 2.12. The second-order valence-corrected chi connectivity index (χ2v) is 6.11. The first-order valence-corrected chi connectivity index (χ1v) is 8.18. The van der Waals surface area contributed by atoms with E-state index in [1.54, 1.807) is 42.5 Å². The van der Waals surface area contributed by atoms with Crippen molar-refractivity contribution in [2.24, 2.45) is 0 Å². The van der Waals surface area contributed by atoms with Crippen LogP contribution in [0.15, 0.2) is 66.7 Å². The molecule has 1 heterocycles. The Balaban J connectivity index is 1.98. The Morgan fingerprint density at radius 3 is 2.30 bits per heavy atom. The fourth-order valence-corrected chi connectivity index (χ4v) is 2.99. The topological polar surface area (TPSA) is 77.1 Å². The molecule has 0 saturated heterocycles. The minimum absolute atomic E-state index is 0.114. The molecule has 0 amide bonds. The number of benzene rings is 3. The van der Waals surface area contributed by atoms with Gasteiger partial charge in [0.2, 0.25) is 0 Å². The molecule has 0 aliphatic rings. The van der Waals surface area contributed by atoms with Crippen LogP contribution in [0, 0.1) is 17.1 Å². The van der Waals surface area contributed by atoms with Crippen molar-refractivity contribution in [2.75, 3.05) is 0 Å². The Labute approximate surface area is 154 Å². The van der Waals surface area contributed by atoms with Gasteiger partial charge in [0.05, 0.1) is 22.8 Å². The standard InChI is InChI=1S/C22H13FN2O2/c23-19-9-15(5-8-22(19)27)21-11-17(14-3-1-13(12-24)2-4-14)18-10-16(26)6-7-20(18)25-21/h1-11,26-27H. The number of nitriles is 1. The summed E-state index contributed by atoms with van der Waals surface area (Å²) in [5.41, 5.74) is 3.87. The molecular weight excluding hydrogens is 343 g/mol. The van der Waals surface area contributed by atoms with Crippen molar-refractivity contribution in [1.82, 2.24) is 4.98 Å². The number of pyridine rings is 1. The van der Waals surface area contributed by atoms with Gasteiger partial charge in [0.15, 0.2) is 11.6 Å². The SMILES string of the molecule is N#Cc1ccc(-c2cc(-c3ccc(O)c(F)c3)nc3ccc(O)cc23)cc1. The van der Waals surface area contributed by atoms with Crippen LogP contribution in [0.1, 0.15) is 5.56 Å². The second kappa shape index (κ2) is 6.43. The Bertz CT molecular complexity index is 1210. The molecule has 3 aromatic carbocycles. The van der Waals surface area contributed by atoms with Crippen LogP contribution in [0.5, 0.6) is 11.5 Å². The van der Waals surface area contributed by atoms with E-state index in [0.29, 0.717) is 22.3 Å². The number of nitrogens with zero attached hydrogens (tertiary/aromatic N) is 2. The lowest BCUT2D eigenvalue weighted by atomic mass is 9.97. The Hall–Kier alpha value is -3.91. The van der Waals surface area contributed by atoms with E-state index < -0.39 is 11.6 Å². The maximum Gasteiger partial charge on any atom is 0.165 e. The summed E-state index contributed by atoms with van der Waals surface area (Å²) in [7, 11) is 0. The monoisotopic (exact) mass is 356 g/mol. The Morgan fingerprint density at radius 1 is 0.852 bits per heavy atom. The molecule has 0 aliphatic heterocycles. The van der Waals surface area contributed by atoms with Crippen molar-refractivity contribution in [1.29, 1.82) is 5.26 Å². The van der Waals surface area contributed by atoms with Gasteiger partial charge in [0.1, 0.15) is 5.75 Å². The summed E-state index contributed by atoms with van der Waals surface area (Å²) in [6, 6.07) is 19.9. The largest absolute Gasteiger partial charge is 0.508 e. The fraction of sp³-hybridized carbons (Fsp3) is 0. The van der Waals surface area contributed by atoms with E-state index in [2.05, 4.69) is 11.1 Å². The zero-order valence-corrected chi connectivity index (χ0v) is 14.0. The molecule has 4 nitrogen and oxygen atoms in total. The molecule has 27 heavy (non-hydrogen) atoms. The highest BCUT2D eigenvalue weighted by Crippen LogP contribution is 2.34. The van der Waals surface area contributed by atoms with Gasteiger partial charge < -0.3 is 10.2 Å². The first-order valence-electron chi connectivity index (χ1n) is 8.18. The summed E-state index contributed by atoms with van der Waals surface area (Å²) in [4.78, 5) is 4.57. The van der Waals surface area contributed by atoms with E-state index in [-0.39, 0.29) is 5.75 Å². The molecule has 0 spiro atoms. The zero-order valence-electron chi connectivity index (χ0n) is 14.0. The number of rotatable bonds is 2. The van der Waals surface area contributed by atoms with Crippen LogP contribution in [0.25, 0.3) is 33.3 Å². The normalized spacial score (nSPS) is 10.7. The van der Waals surface area contributed by atoms with Gasteiger partial charge >= 0.3 is 0 Å². The average molecular weight is 356 g/mol. The molecule has 0 fully saturated rings. The smallest absolute Gasteiger partial charge is 0.165 e. The van der Waals surface area contributed by atoms with Crippen LogP contribution < -0.4 is 0 Å². The molecule has 0 bridgehead atoms. The van der Waals surface area contributed by atoms with Gasteiger partial charge in [-0.05, 0) is 65.7 Å². The lowest BCUT2D eigenvalue weighted by Crippen LogP contribution is -1.91. The van der Waals surface area contributed by atoms with Gasteiger partial charge in [0.25, 0.3) is 0 Å². The highest BCUT2D eigenvalue weighted by atomic mass is 19.1. The average Bonchev–Trinajstić information content (AvgIpc) is 2.69.